The Labute approximate surface area is 108 Å². The summed E-state index contributed by atoms with van der Waals surface area (Å²) in [6.07, 6.45) is 2.06. The van der Waals surface area contributed by atoms with E-state index in [-0.39, 0.29) is 5.46 Å². The van der Waals surface area contributed by atoms with E-state index in [1.165, 1.54) is 6.07 Å². The van der Waals surface area contributed by atoms with Crippen molar-refractivity contribution in [2.45, 2.75) is 39.3 Å². The van der Waals surface area contributed by atoms with E-state index >= 15 is 0 Å². The van der Waals surface area contributed by atoms with Gasteiger partial charge in [0.1, 0.15) is 5.82 Å². The van der Waals surface area contributed by atoms with Crippen LogP contribution in [-0.4, -0.2) is 35.2 Å². The highest BCUT2D eigenvalue weighted by Gasteiger charge is 2.16. The van der Waals surface area contributed by atoms with Crippen molar-refractivity contribution in [3.05, 3.63) is 29.6 Å². The lowest BCUT2D eigenvalue weighted by molar-refractivity contribution is 0.219. The van der Waals surface area contributed by atoms with Gasteiger partial charge in [0.25, 0.3) is 0 Å². The third kappa shape index (κ3) is 3.80. The molecule has 0 aliphatic heterocycles. The largest absolute Gasteiger partial charge is 0.488 e. The van der Waals surface area contributed by atoms with Crippen LogP contribution < -0.4 is 5.46 Å². The summed E-state index contributed by atoms with van der Waals surface area (Å²) in [5.74, 6) is -0.390. The number of benzene rings is 1. The van der Waals surface area contributed by atoms with Gasteiger partial charge in [-0.25, -0.2) is 4.39 Å². The first-order chi connectivity index (χ1) is 8.49. The molecule has 0 amide bonds. The Balaban J connectivity index is 2.79. The standard InChI is InChI=1S/C13H21BFNO2/c1-4-12(5-2)16(3)9-10-6-7-11(14(17)18)8-13(10)15/h6-8,12,17-18H,4-5,9H2,1-3H3. The number of hydrogen-bond donors (Lipinski definition) is 2. The van der Waals surface area contributed by atoms with Crippen LogP contribution in [0.1, 0.15) is 32.3 Å². The minimum atomic E-state index is -1.62. The molecule has 5 heteroatoms. The van der Waals surface area contributed by atoms with Crippen molar-refractivity contribution in [2.24, 2.45) is 0 Å². The maximum atomic E-state index is 13.8. The van der Waals surface area contributed by atoms with Gasteiger partial charge in [0.15, 0.2) is 0 Å². The Hall–Kier alpha value is -0.905. The molecule has 1 rings (SSSR count). The number of hydrogen-bond acceptors (Lipinski definition) is 3. The zero-order valence-electron chi connectivity index (χ0n) is 11.2. The molecule has 1 aromatic carbocycles. The SMILES string of the molecule is CCC(CC)N(C)Cc1ccc(B(O)O)cc1F. The molecule has 0 aromatic heterocycles. The predicted octanol–water partition coefficient (Wildman–Crippen LogP) is 1.13. The van der Waals surface area contributed by atoms with Crippen molar-refractivity contribution < 1.29 is 14.4 Å². The summed E-state index contributed by atoms with van der Waals surface area (Å²) in [7, 11) is 0.358. The van der Waals surface area contributed by atoms with Crippen LogP contribution in [0.15, 0.2) is 18.2 Å². The Bertz CT molecular complexity index is 383. The summed E-state index contributed by atoms with van der Waals surface area (Å²) in [5, 5.41) is 17.9. The van der Waals surface area contributed by atoms with Crippen LogP contribution >= 0.6 is 0 Å². The van der Waals surface area contributed by atoms with E-state index in [2.05, 4.69) is 18.7 Å². The first-order valence-corrected chi connectivity index (χ1v) is 6.34. The summed E-state index contributed by atoms with van der Waals surface area (Å²) in [4.78, 5) is 2.12. The van der Waals surface area contributed by atoms with Gasteiger partial charge >= 0.3 is 7.12 Å². The number of halogens is 1. The smallest absolute Gasteiger partial charge is 0.423 e. The van der Waals surface area contributed by atoms with Gasteiger partial charge in [-0.15, -0.1) is 0 Å². The average molecular weight is 253 g/mol. The monoisotopic (exact) mass is 253 g/mol. The third-order valence-corrected chi connectivity index (χ3v) is 3.36. The fraction of sp³-hybridized carbons (Fsp3) is 0.538. The maximum absolute atomic E-state index is 13.8. The first kappa shape index (κ1) is 15.2. The summed E-state index contributed by atoms with van der Waals surface area (Å²) in [5.41, 5.74) is 0.759. The van der Waals surface area contributed by atoms with E-state index in [0.717, 1.165) is 12.8 Å². The summed E-state index contributed by atoms with van der Waals surface area (Å²) in [6.45, 7) is 4.76. The van der Waals surface area contributed by atoms with Crippen LogP contribution in [-0.2, 0) is 6.54 Å². The zero-order valence-corrected chi connectivity index (χ0v) is 11.2. The maximum Gasteiger partial charge on any atom is 0.488 e. The van der Waals surface area contributed by atoms with Gasteiger partial charge in [-0.3, -0.25) is 4.90 Å². The van der Waals surface area contributed by atoms with E-state index in [4.69, 9.17) is 10.0 Å². The molecule has 0 aliphatic rings. The van der Waals surface area contributed by atoms with Crippen LogP contribution in [0, 0.1) is 5.82 Å². The van der Waals surface area contributed by atoms with E-state index in [0.29, 0.717) is 18.2 Å². The van der Waals surface area contributed by atoms with E-state index < -0.39 is 12.9 Å². The molecule has 18 heavy (non-hydrogen) atoms. The van der Waals surface area contributed by atoms with E-state index in [1.54, 1.807) is 12.1 Å². The van der Waals surface area contributed by atoms with Crippen molar-refractivity contribution in [1.82, 2.24) is 4.90 Å². The van der Waals surface area contributed by atoms with Crippen molar-refractivity contribution in [2.75, 3.05) is 7.05 Å². The molecule has 2 N–H and O–H groups in total. The second-order valence-corrected chi connectivity index (χ2v) is 4.61. The second-order valence-electron chi connectivity index (χ2n) is 4.61. The van der Waals surface area contributed by atoms with Gasteiger partial charge in [-0.05, 0) is 31.4 Å². The molecule has 3 nitrogen and oxygen atoms in total. The van der Waals surface area contributed by atoms with Crippen molar-refractivity contribution in [3.63, 3.8) is 0 Å². The summed E-state index contributed by atoms with van der Waals surface area (Å²) < 4.78 is 13.8. The quantitative estimate of drug-likeness (QED) is 0.747. The Morgan fingerprint density at radius 1 is 1.28 bits per heavy atom. The lowest BCUT2D eigenvalue weighted by Crippen LogP contribution is -2.32. The highest BCUT2D eigenvalue weighted by Crippen LogP contribution is 2.13. The highest BCUT2D eigenvalue weighted by atomic mass is 19.1. The molecule has 0 saturated heterocycles. The average Bonchev–Trinajstić information content (AvgIpc) is 2.33. The number of rotatable bonds is 6. The van der Waals surface area contributed by atoms with Gasteiger partial charge in [-0.1, -0.05) is 26.0 Å². The Kier molecular flexibility index (Phi) is 5.79. The molecule has 0 heterocycles. The van der Waals surface area contributed by atoms with Gasteiger partial charge < -0.3 is 10.0 Å². The van der Waals surface area contributed by atoms with Gasteiger partial charge in [-0.2, -0.15) is 0 Å². The first-order valence-electron chi connectivity index (χ1n) is 6.34. The molecule has 100 valence electrons. The van der Waals surface area contributed by atoms with Crippen LogP contribution in [0.4, 0.5) is 4.39 Å². The third-order valence-electron chi connectivity index (χ3n) is 3.36. The highest BCUT2D eigenvalue weighted by molar-refractivity contribution is 6.58. The van der Waals surface area contributed by atoms with Crippen molar-refractivity contribution in [1.29, 1.82) is 0 Å². The molecule has 0 bridgehead atoms. The van der Waals surface area contributed by atoms with Crippen LogP contribution in [0.3, 0.4) is 0 Å². The molecule has 0 saturated carbocycles. The topological polar surface area (TPSA) is 43.7 Å². The van der Waals surface area contributed by atoms with Crippen LogP contribution in [0.25, 0.3) is 0 Å². The molecule has 0 fully saturated rings. The summed E-state index contributed by atoms with van der Waals surface area (Å²) in [6, 6.07) is 4.78. The van der Waals surface area contributed by atoms with Gasteiger partial charge in [0.05, 0.1) is 0 Å². The van der Waals surface area contributed by atoms with Crippen LogP contribution in [0.2, 0.25) is 0 Å². The minimum absolute atomic E-state index is 0.182. The molecule has 0 atom stereocenters. The molecule has 0 unspecified atom stereocenters. The predicted molar refractivity (Wildman–Crippen MR) is 72.1 cm³/mol. The normalized spacial score (nSPS) is 11.3. The Morgan fingerprint density at radius 2 is 1.89 bits per heavy atom. The number of nitrogens with zero attached hydrogens (tertiary/aromatic N) is 1. The van der Waals surface area contributed by atoms with Gasteiger partial charge in [0.2, 0.25) is 0 Å². The van der Waals surface area contributed by atoms with Gasteiger partial charge in [0, 0.05) is 18.2 Å². The zero-order chi connectivity index (χ0) is 13.7. The fourth-order valence-electron chi connectivity index (χ4n) is 2.16. The molecular formula is C13H21BFNO2. The van der Waals surface area contributed by atoms with Crippen molar-refractivity contribution >= 4 is 12.6 Å². The molecule has 1 aromatic rings. The lowest BCUT2D eigenvalue weighted by atomic mass is 9.80. The molecule has 0 spiro atoms. The minimum Gasteiger partial charge on any atom is -0.423 e. The summed E-state index contributed by atoms with van der Waals surface area (Å²) >= 11 is 0. The Morgan fingerprint density at radius 3 is 2.33 bits per heavy atom. The van der Waals surface area contributed by atoms with E-state index in [9.17, 15) is 4.39 Å². The molecular weight excluding hydrogens is 232 g/mol. The van der Waals surface area contributed by atoms with Crippen LogP contribution in [0.5, 0.6) is 0 Å². The second kappa shape index (κ2) is 6.88. The molecule has 0 aliphatic carbocycles. The molecule has 0 radical (unpaired) electrons. The van der Waals surface area contributed by atoms with Crippen molar-refractivity contribution in [3.8, 4) is 0 Å². The lowest BCUT2D eigenvalue weighted by Gasteiger charge is -2.26. The van der Waals surface area contributed by atoms with E-state index in [1.807, 2.05) is 7.05 Å². The fourth-order valence-corrected chi connectivity index (χ4v) is 2.16.